The summed E-state index contributed by atoms with van der Waals surface area (Å²) >= 11 is 0. The number of fused-ring (bicyclic) bond motifs is 1. The van der Waals surface area contributed by atoms with Crippen molar-refractivity contribution in [1.29, 1.82) is 0 Å². The van der Waals surface area contributed by atoms with E-state index in [2.05, 4.69) is 20.8 Å². The van der Waals surface area contributed by atoms with Crippen LogP contribution in [-0.2, 0) is 4.79 Å². The van der Waals surface area contributed by atoms with Crippen LogP contribution < -0.4 is 5.56 Å². The lowest BCUT2D eigenvalue weighted by Gasteiger charge is -2.33. The fourth-order valence-corrected chi connectivity index (χ4v) is 4.54. The van der Waals surface area contributed by atoms with Gasteiger partial charge in [-0.2, -0.15) is 0 Å². The van der Waals surface area contributed by atoms with E-state index in [1.54, 1.807) is 4.57 Å². The third-order valence-corrected chi connectivity index (χ3v) is 6.49. The molecule has 0 saturated carbocycles. The number of aromatic nitrogens is 2. The van der Waals surface area contributed by atoms with Gasteiger partial charge in [-0.05, 0) is 56.9 Å². The van der Waals surface area contributed by atoms with Crippen LogP contribution in [0.25, 0.3) is 16.6 Å². The second-order valence-corrected chi connectivity index (χ2v) is 8.87. The minimum Gasteiger partial charge on any atom is -0.333 e. The summed E-state index contributed by atoms with van der Waals surface area (Å²) in [5.41, 5.74) is 2.37. The van der Waals surface area contributed by atoms with E-state index in [1.807, 2.05) is 67.3 Å². The van der Waals surface area contributed by atoms with Crippen LogP contribution in [0.2, 0.25) is 0 Å². The monoisotopic (exact) mass is 447 g/mol. The lowest BCUT2D eigenvalue weighted by atomic mass is 9.96. The number of benzene rings is 2. The molecule has 5 heteroatoms. The molecule has 1 heterocycles. The maximum absolute atomic E-state index is 13.7. The molecule has 0 aliphatic rings. The van der Waals surface area contributed by atoms with E-state index >= 15 is 0 Å². The van der Waals surface area contributed by atoms with Crippen LogP contribution in [0.3, 0.4) is 0 Å². The highest BCUT2D eigenvalue weighted by atomic mass is 16.2. The fourth-order valence-electron chi connectivity index (χ4n) is 4.54. The number of para-hydroxylation sites is 2. The Morgan fingerprint density at radius 1 is 1.03 bits per heavy atom. The number of carbonyl (C=O) groups excluding carboxylic acids is 1. The Hall–Kier alpha value is -2.95. The third kappa shape index (κ3) is 5.18. The zero-order chi connectivity index (χ0) is 24.0. The van der Waals surface area contributed by atoms with Gasteiger partial charge in [0.25, 0.3) is 5.56 Å². The number of amides is 1. The zero-order valence-electron chi connectivity index (χ0n) is 20.7. The predicted octanol–water partition coefficient (Wildman–Crippen LogP) is 6.21. The standard InChI is InChI=1S/C28H37N3O2/c1-6-9-15-22(8-3)27(32)30(19-7-2)21(5)26-29-24-17-12-11-16-23(24)28(33)31(26)25-18-13-10-14-20(25)4/h10-14,16-18,21-22H,6-9,15,19H2,1-5H3. The van der Waals surface area contributed by atoms with Gasteiger partial charge >= 0.3 is 0 Å². The summed E-state index contributed by atoms with van der Waals surface area (Å²) < 4.78 is 1.71. The van der Waals surface area contributed by atoms with E-state index in [4.69, 9.17) is 4.98 Å². The molecule has 0 bridgehead atoms. The Morgan fingerprint density at radius 2 is 1.73 bits per heavy atom. The summed E-state index contributed by atoms with van der Waals surface area (Å²) in [6, 6.07) is 15.0. The second-order valence-electron chi connectivity index (χ2n) is 8.87. The molecule has 2 unspecified atom stereocenters. The van der Waals surface area contributed by atoms with Crippen molar-refractivity contribution >= 4 is 16.8 Å². The van der Waals surface area contributed by atoms with Crippen molar-refractivity contribution in [2.75, 3.05) is 6.54 Å². The van der Waals surface area contributed by atoms with Crippen LogP contribution in [0.5, 0.6) is 0 Å². The van der Waals surface area contributed by atoms with Crippen LogP contribution in [0.15, 0.2) is 53.3 Å². The molecule has 176 valence electrons. The highest BCUT2D eigenvalue weighted by Gasteiger charge is 2.30. The van der Waals surface area contributed by atoms with Gasteiger partial charge in [-0.15, -0.1) is 0 Å². The van der Waals surface area contributed by atoms with Crippen LogP contribution in [0, 0.1) is 12.8 Å². The fraction of sp³-hybridized carbons (Fsp3) is 0.464. The lowest BCUT2D eigenvalue weighted by Crippen LogP contribution is -2.41. The SMILES string of the molecule is CCCCC(CC)C(=O)N(CCC)C(C)c1nc2ccccc2c(=O)n1-c1ccccc1C. The van der Waals surface area contributed by atoms with E-state index in [0.29, 0.717) is 23.3 Å². The predicted molar refractivity (Wildman–Crippen MR) is 136 cm³/mol. The molecule has 2 aromatic carbocycles. The van der Waals surface area contributed by atoms with Crippen LogP contribution >= 0.6 is 0 Å². The summed E-state index contributed by atoms with van der Waals surface area (Å²) in [6.07, 6.45) is 4.69. The second kappa shape index (κ2) is 11.3. The normalized spacial score (nSPS) is 13.1. The molecule has 0 saturated heterocycles. The third-order valence-electron chi connectivity index (χ3n) is 6.49. The lowest BCUT2D eigenvalue weighted by molar-refractivity contribution is -0.138. The Kier molecular flexibility index (Phi) is 8.43. The van der Waals surface area contributed by atoms with E-state index in [1.165, 1.54) is 0 Å². The first-order chi connectivity index (χ1) is 15.9. The summed E-state index contributed by atoms with van der Waals surface area (Å²) in [4.78, 5) is 34.3. The van der Waals surface area contributed by atoms with Gasteiger partial charge in [-0.3, -0.25) is 14.2 Å². The van der Waals surface area contributed by atoms with Gasteiger partial charge in [0.2, 0.25) is 5.91 Å². The van der Waals surface area contributed by atoms with Crippen molar-refractivity contribution in [3.63, 3.8) is 0 Å². The molecule has 0 fully saturated rings. The van der Waals surface area contributed by atoms with Crippen LogP contribution in [-0.4, -0.2) is 26.9 Å². The maximum Gasteiger partial charge on any atom is 0.266 e. The van der Waals surface area contributed by atoms with Crippen molar-refractivity contribution in [3.8, 4) is 5.69 Å². The van der Waals surface area contributed by atoms with E-state index in [-0.39, 0.29) is 23.4 Å². The van der Waals surface area contributed by atoms with Gasteiger partial charge in [0.05, 0.1) is 22.6 Å². The molecule has 0 aliphatic heterocycles. The highest BCUT2D eigenvalue weighted by Crippen LogP contribution is 2.27. The maximum atomic E-state index is 13.7. The molecule has 3 rings (SSSR count). The van der Waals surface area contributed by atoms with Crippen molar-refractivity contribution in [3.05, 3.63) is 70.3 Å². The molecule has 0 aliphatic carbocycles. The molecule has 1 amide bonds. The Morgan fingerprint density at radius 3 is 2.39 bits per heavy atom. The molecule has 1 aromatic heterocycles. The largest absolute Gasteiger partial charge is 0.333 e. The Bertz CT molecular complexity index is 1150. The van der Waals surface area contributed by atoms with Crippen LogP contribution in [0.4, 0.5) is 0 Å². The van der Waals surface area contributed by atoms with E-state index in [0.717, 1.165) is 43.4 Å². The molecule has 33 heavy (non-hydrogen) atoms. The first-order valence-electron chi connectivity index (χ1n) is 12.3. The number of unbranched alkanes of at least 4 members (excludes halogenated alkanes) is 1. The van der Waals surface area contributed by atoms with Crippen LogP contribution in [0.1, 0.15) is 77.2 Å². The van der Waals surface area contributed by atoms with E-state index in [9.17, 15) is 9.59 Å². The molecule has 2 atom stereocenters. The number of hydrogen-bond donors (Lipinski definition) is 0. The summed E-state index contributed by atoms with van der Waals surface area (Å²) in [5.74, 6) is 0.775. The highest BCUT2D eigenvalue weighted by molar-refractivity contribution is 5.80. The zero-order valence-corrected chi connectivity index (χ0v) is 20.7. The number of hydrogen-bond acceptors (Lipinski definition) is 3. The van der Waals surface area contributed by atoms with Gasteiger partial charge in [0.1, 0.15) is 5.82 Å². The van der Waals surface area contributed by atoms with Gasteiger partial charge in [0.15, 0.2) is 0 Å². The molecule has 5 nitrogen and oxygen atoms in total. The quantitative estimate of drug-likeness (QED) is 0.371. The Labute approximate surface area is 197 Å². The number of rotatable bonds is 10. The van der Waals surface area contributed by atoms with Crippen molar-refractivity contribution in [1.82, 2.24) is 14.5 Å². The van der Waals surface area contributed by atoms with Gasteiger partial charge in [0, 0.05) is 12.5 Å². The molecule has 0 radical (unpaired) electrons. The van der Waals surface area contributed by atoms with Crippen molar-refractivity contribution < 1.29 is 4.79 Å². The molecule has 0 N–H and O–H groups in total. The first-order valence-corrected chi connectivity index (χ1v) is 12.3. The van der Waals surface area contributed by atoms with Gasteiger partial charge in [-0.25, -0.2) is 4.98 Å². The smallest absolute Gasteiger partial charge is 0.266 e. The number of aryl methyl sites for hydroxylation is 1. The van der Waals surface area contributed by atoms with Crippen molar-refractivity contribution in [2.24, 2.45) is 5.92 Å². The summed E-state index contributed by atoms with van der Waals surface area (Å²) in [5, 5.41) is 0.583. The number of carbonyl (C=O) groups is 1. The summed E-state index contributed by atoms with van der Waals surface area (Å²) in [7, 11) is 0. The van der Waals surface area contributed by atoms with Crippen molar-refractivity contribution in [2.45, 2.75) is 72.8 Å². The van der Waals surface area contributed by atoms with Gasteiger partial charge in [-0.1, -0.05) is 63.9 Å². The minimum absolute atomic E-state index is 0.00182. The topological polar surface area (TPSA) is 55.2 Å². The Balaban J connectivity index is 2.19. The average molecular weight is 448 g/mol. The molecular weight excluding hydrogens is 410 g/mol. The minimum atomic E-state index is -0.329. The van der Waals surface area contributed by atoms with E-state index < -0.39 is 0 Å². The molecular formula is C28H37N3O2. The molecule has 3 aromatic rings. The summed E-state index contributed by atoms with van der Waals surface area (Å²) in [6.45, 7) is 11.0. The van der Waals surface area contributed by atoms with Gasteiger partial charge < -0.3 is 4.90 Å². The average Bonchev–Trinajstić information content (AvgIpc) is 2.83. The first kappa shape index (κ1) is 24.7. The molecule has 0 spiro atoms. The number of nitrogens with zero attached hydrogens (tertiary/aromatic N) is 3.